The van der Waals surface area contributed by atoms with Crippen molar-refractivity contribution in [1.82, 2.24) is 10.6 Å². The van der Waals surface area contributed by atoms with Crippen molar-refractivity contribution in [3.05, 3.63) is 35.9 Å². The van der Waals surface area contributed by atoms with E-state index in [-0.39, 0.29) is 32.4 Å². The topological polar surface area (TPSA) is 111 Å². The summed E-state index contributed by atoms with van der Waals surface area (Å²) >= 11 is 0. The van der Waals surface area contributed by atoms with Gasteiger partial charge in [-0.25, -0.2) is 4.79 Å². The summed E-state index contributed by atoms with van der Waals surface area (Å²) in [7, 11) is 0. The minimum Gasteiger partial charge on any atom is -0.460 e. The van der Waals surface area contributed by atoms with Crippen LogP contribution in [-0.4, -0.2) is 42.4 Å². The van der Waals surface area contributed by atoms with Gasteiger partial charge >= 0.3 is 12.1 Å². The first-order valence-electron chi connectivity index (χ1n) is 9.11. The third-order valence-electron chi connectivity index (χ3n) is 3.44. The van der Waals surface area contributed by atoms with Gasteiger partial charge in [-0.1, -0.05) is 30.3 Å². The van der Waals surface area contributed by atoms with Crippen LogP contribution in [0.4, 0.5) is 4.79 Å². The molecule has 8 heteroatoms. The van der Waals surface area contributed by atoms with E-state index in [0.717, 1.165) is 5.56 Å². The van der Waals surface area contributed by atoms with E-state index in [1.54, 1.807) is 32.9 Å². The van der Waals surface area contributed by atoms with Crippen LogP contribution < -0.4 is 10.6 Å². The van der Waals surface area contributed by atoms with Crippen molar-refractivity contribution in [3.8, 4) is 0 Å². The lowest BCUT2D eigenvalue weighted by Crippen LogP contribution is -2.47. The molecular formula is C20H28N2O6. The van der Waals surface area contributed by atoms with Gasteiger partial charge < -0.3 is 24.9 Å². The van der Waals surface area contributed by atoms with Crippen molar-refractivity contribution in [1.29, 1.82) is 0 Å². The molecule has 0 spiro atoms. The quantitative estimate of drug-likeness (QED) is 0.358. The van der Waals surface area contributed by atoms with Crippen LogP contribution in [-0.2, 0) is 30.5 Å². The lowest BCUT2D eigenvalue weighted by atomic mass is 10.1. The Balaban J connectivity index is 2.60. The average molecular weight is 392 g/mol. The Morgan fingerprint density at radius 2 is 1.82 bits per heavy atom. The second-order valence-electron chi connectivity index (χ2n) is 7.13. The number of alkyl carbamates (subject to hydrolysis) is 1. The third kappa shape index (κ3) is 10.3. The third-order valence-corrected chi connectivity index (χ3v) is 3.44. The van der Waals surface area contributed by atoms with Gasteiger partial charge in [0.15, 0.2) is 0 Å². The highest BCUT2D eigenvalue weighted by molar-refractivity contribution is 5.86. The smallest absolute Gasteiger partial charge is 0.408 e. The zero-order valence-electron chi connectivity index (χ0n) is 16.5. The van der Waals surface area contributed by atoms with E-state index < -0.39 is 29.6 Å². The first-order valence-corrected chi connectivity index (χ1v) is 9.11. The molecule has 8 nitrogen and oxygen atoms in total. The molecule has 0 unspecified atom stereocenters. The summed E-state index contributed by atoms with van der Waals surface area (Å²) in [6, 6.07) is 8.11. The molecule has 2 N–H and O–H groups in total. The zero-order chi connectivity index (χ0) is 21.0. The molecule has 28 heavy (non-hydrogen) atoms. The van der Waals surface area contributed by atoms with E-state index >= 15 is 0 Å². The van der Waals surface area contributed by atoms with Crippen molar-refractivity contribution in [2.75, 3.05) is 6.54 Å². The molecule has 0 aliphatic heterocycles. The molecule has 154 valence electrons. The van der Waals surface area contributed by atoms with E-state index in [1.807, 2.05) is 18.2 Å². The van der Waals surface area contributed by atoms with E-state index in [9.17, 15) is 19.2 Å². The van der Waals surface area contributed by atoms with Gasteiger partial charge in [-0.3, -0.25) is 9.59 Å². The number of esters is 1. The summed E-state index contributed by atoms with van der Waals surface area (Å²) in [6.07, 6.45) is 0.0497. The van der Waals surface area contributed by atoms with Crippen LogP contribution in [0.15, 0.2) is 30.3 Å². The number of hydrogen-bond acceptors (Lipinski definition) is 6. The Hall–Kier alpha value is -2.90. The number of amides is 2. The molecule has 1 aromatic rings. The molecule has 0 saturated heterocycles. The van der Waals surface area contributed by atoms with Crippen molar-refractivity contribution < 1.29 is 28.7 Å². The van der Waals surface area contributed by atoms with Crippen LogP contribution in [0.1, 0.15) is 45.6 Å². The monoisotopic (exact) mass is 392 g/mol. The molecule has 0 heterocycles. The Labute approximate surface area is 165 Å². The van der Waals surface area contributed by atoms with Crippen molar-refractivity contribution in [2.45, 2.75) is 58.3 Å². The van der Waals surface area contributed by atoms with Gasteiger partial charge in [0.1, 0.15) is 24.5 Å². The summed E-state index contributed by atoms with van der Waals surface area (Å²) < 4.78 is 10.3. The molecule has 0 aliphatic rings. The Morgan fingerprint density at radius 3 is 2.43 bits per heavy atom. The van der Waals surface area contributed by atoms with E-state index in [1.165, 1.54) is 0 Å². The Bertz CT molecular complexity index is 654. The maximum Gasteiger partial charge on any atom is 0.408 e. The molecule has 0 bridgehead atoms. The maximum absolute atomic E-state index is 12.3. The normalized spacial score (nSPS) is 11.8. The molecule has 0 saturated carbocycles. The second kappa shape index (κ2) is 11.7. The van der Waals surface area contributed by atoms with Crippen LogP contribution in [0.2, 0.25) is 0 Å². The Morgan fingerprint density at radius 1 is 1.14 bits per heavy atom. The predicted octanol–water partition coefficient (Wildman–Crippen LogP) is 2.11. The molecule has 0 fully saturated rings. The maximum atomic E-state index is 12.3. The standard InChI is InChI=1S/C20H28N2O6/c1-20(2,3)28-17(24)11-10-16(18(25)21-12-7-13-23)22-19(26)27-14-15-8-5-4-6-9-15/h4-6,8-9,13,16H,7,10-12,14H2,1-3H3,(H,21,25)(H,22,26)/t16-/m0/s1. The van der Waals surface area contributed by atoms with Crippen LogP contribution in [0, 0.1) is 0 Å². The zero-order valence-corrected chi connectivity index (χ0v) is 16.5. The van der Waals surface area contributed by atoms with Crippen molar-refractivity contribution in [2.24, 2.45) is 0 Å². The fraction of sp³-hybridized carbons (Fsp3) is 0.500. The van der Waals surface area contributed by atoms with Gasteiger partial charge in [-0.15, -0.1) is 0 Å². The van der Waals surface area contributed by atoms with Crippen LogP contribution in [0.3, 0.4) is 0 Å². The molecule has 0 aromatic heterocycles. The first-order chi connectivity index (χ1) is 13.2. The van der Waals surface area contributed by atoms with E-state index in [2.05, 4.69) is 10.6 Å². The van der Waals surface area contributed by atoms with Gasteiger partial charge in [-0.2, -0.15) is 0 Å². The van der Waals surface area contributed by atoms with Gasteiger partial charge in [0.2, 0.25) is 5.91 Å². The largest absolute Gasteiger partial charge is 0.460 e. The van der Waals surface area contributed by atoms with Gasteiger partial charge in [-0.05, 0) is 32.8 Å². The van der Waals surface area contributed by atoms with Crippen LogP contribution >= 0.6 is 0 Å². The number of carbonyl (C=O) groups excluding carboxylic acids is 4. The number of ether oxygens (including phenoxy) is 2. The molecule has 1 atom stereocenters. The summed E-state index contributed by atoms with van der Waals surface area (Å²) in [4.78, 5) is 46.6. The number of benzene rings is 1. The van der Waals surface area contributed by atoms with E-state index in [0.29, 0.717) is 6.29 Å². The molecule has 1 aromatic carbocycles. The fourth-order valence-electron chi connectivity index (χ4n) is 2.21. The predicted molar refractivity (Wildman–Crippen MR) is 102 cm³/mol. The van der Waals surface area contributed by atoms with E-state index in [4.69, 9.17) is 9.47 Å². The highest BCUT2D eigenvalue weighted by atomic mass is 16.6. The second-order valence-corrected chi connectivity index (χ2v) is 7.13. The van der Waals surface area contributed by atoms with Crippen LogP contribution in [0.5, 0.6) is 0 Å². The number of aldehydes is 1. The van der Waals surface area contributed by atoms with Crippen LogP contribution in [0.25, 0.3) is 0 Å². The summed E-state index contributed by atoms with van der Waals surface area (Å²) in [5.41, 5.74) is 0.166. The molecule has 1 rings (SSSR count). The summed E-state index contributed by atoms with van der Waals surface area (Å²) in [5.74, 6) is -0.972. The molecule has 0 aliphatic carbocycles. The highest BCUT2D eigenvalue weighted by Gasteiger charge is 2.24. The minimum absolute atomic E-state index is 0.0439. The SMILES string of the molecule is CC(C)(C)OC(=O)CC[C@H](NC(=O)OCc1ccccc1)C(=O)NCCC=O. The van der Waals surface area contributed by atoms with Crippen molar-refractivity contribution >= 4 is 24.3 Å². The number of carbonyl (C=O) groups is 4. The molecule has 0 radical (unpaired) electrons. The number of hydrogen-bond donors (Lipinski definition) is 2. The lowest BCUT2D eigenvalue weighted by Gasteiger charge is -2.21. The molecular weight excluding hydrogens is 364 g/mol. The molecule has 2 amide bonds. The van der Waals surface area contributed by atoms with Gasteiger partial charge in [0.25, 0.3) is 0 Å². The summed E-state index contributed by atoms with van der Waals surface area (Å²) in [6.45, 7) is 5.43. The van der Waals surface area contributed by atoms with Crippen molar-refractivity contribution in [3.63, 3.8) is 0 Å². The number of nitrogens with one attached hydrogen (secondary N) is 2. The van der Waals surface area contributed by atoms with Gasteiger partial charge in [0, 0.05) is 19.4 Å². The minimum atomic E-state index is -0.984. The Kier molecular flexibility index (Phi) is 9.70. The lowest BCUT2D eigenvalue weighted by molar-refractivity contribution is -0.155. The fourth-order valence-corrected chi connectivity index (χ4v) is 2.21. The average Bonchev–Trinajstić information content (AvgIpc) is 2.63. The van der Waals surface area contributed by atoms with Gasteiger partial charge in [0.05, 0.1) is 0 Å². The number of rotatable bonds is 10. The first kappa shape index (κ1) is 23.1. The summed E-state index contributed by atoms with van der Waals surface area (Å²) in [5, 5.41) is 5.01. The highest BCUT2D eigenvalue weighted by Crippen LogP contribution is 2.10.